The Bertz CT molecular complexity index is 459. The Morgan fingerprint density at radius 1 is 1.56 bits per heavy atom. The first-order chi connectivity index (χ1) is 7.58. The highest BCUT2D eigenvalue weighted by Crippen LogP contribution is 2.39. The summed E-state index contributed by atoms with van der Waals surface area (Å²) in [6.45, 7) is 0. The Morgan fingerprint density at radius 3 is 2.75 bits per heavy atom. The van der Waals surface area contributed by atoms with Gasteiger partial charge >= 0.3 is 0 Å². The quantitative estimate of drug-likeness (QED) is 0.801. The number of hydrogen-bond acceptors (Lipinski definition) is 4. The molecule has 0 spiro atoms. The summed E-state index contributed by atoms with van der Waals surface area (Å²) in [5, 5.41) is 18.7. The van der Waals surface area contributed by atoms with Crippen LogP contribution in [0, 0.1) is 11.3 Å². The van der Waals surface area contributed by atoms with Gasteiger partial charge in [-0.25, -0.2) is 0 Å². The molecule has 0 heterocycles. The summed E-state index contributed by atoms with van der Waals surface area (Å²) in [6, 6.07) is 5.17. The Balaban J connectivity index is 2.35. The molecule has 1 saturated carbocycles. The van der Waals surface area contributed by atoms with Gasteiger partial charge in [-0.3, -0.25) is 0 Å². The fourth-order valence-electron chi connectivity index (χ4n) is 1.73. The maximum Gasteiger partial charge on any atom is 0.140 e. The van der Waals surface area contributed by atoms with Crippen LogP contribution in [-0.2, 0) is 6.42 Å². The Morgan fingerprint density at radius 2 is 2.25 bits per heavy atom. The van der Waals surface area contributed by atoms with Crippen LogP contribution in [0.15, 0.2) is 12.1 Å². The molecule has 3 N–H and O–H groups in total. The van der Waals surface area contributed by atoms with Gasteiger partial charge < -0.3 is 15.6 Å². The fraction of sp³-hybridized carbons (Fsp3) is 0.417. The van der Waals surface area contributed by atoms with Gasteiger partial charge in [-0.15, -0.1) is 0 Å². The van der Waals surface area contributed by atoms with Crippen molar-refractivity contribution in [3.05, 3.63) is 23.3 Å². The number of phenols is 1. The molecule has 1 aromatic rings. The van der Waals surface area contributed by atoms with Gasteiger partial charge in [-0.1, -0.05) is 0 Å². The number of nitrogens with zero attached hydrogens (tertiary/aromatic N) is 1. The van der Waals surface area contributed by atoms with Crippen LogP contribution >= 0.6 is 0 Å². The van der Waals surface area contributed by atoms with Crippen LogP contribution in [0.25, 0.3) is 0 Å². The van der Waals surface area contributed by atoms with Gasteiger partial charge in [0.2, 0.25) is 0 Å². The maximum absolute atomic E-state index is 9.79. The summed E-state index contributed by atoms with van der Waals surface area (Å²) >= 11 is 0. The molecule has 0 bridgehead atoms. The first-order valence-electron chi connectivity index (χ1n) is 5.17. The highest BCUT2D eigenvalue weighted by Gasteiger charge is 2.38. The standard InChI is InChI=1S/C12H14N2O2/c1-16-11-5-10(15)8(4-9(11)7-13)6-12(14)2-3-12/h4-5,15H,2-3,6,14H2,1H3. The molecule has 84 valence electrons. The Hall–Kier alpha value is -1.73. The van der Waals surface area contributed by atoms with Crippen LogP contribution < -0.4 is 10.5 Å². The first-order valence-corrected chi connectivity index (χ1v) is 5.17. The zero-order valence-corrected chi connectivity index (χ0v) is 9.16. The highest BCUT2D eigenvalue weighted by atomic mass is 16.5. The lowest BCUT2D eigenvalue weighted by molar-refractivity contribution is 0.404. The van der Waals surface area contributed by atoms with Crippen LogP contribution in [0.3, 0.4) is 0 Å². The van der Waals surface area contributed by atoms with E-state index in [0.717, 1.165) is 18.4 Å². The average molecular weight is 218 g/mol. The predicted octanol–water partition coefficient (Wildman–Crippen LogP) is 1.31. The van der Waals surface area contributed by atoms with Crippen LogP contribution in [0.5, 0.6) is 11.5 Å². The smallest absolute Gasteiger partial charge is 0.140 e. The van der Waals surface area contributed by atoms with Crippen LogP contribution in [0.2, 0.25) is 0 Å². The van der Waals surface area contributed by atoms with Crippen molar-refractivity contribution in [3.8, 4) is 17.6 Å². The molecule has 0 unspecified atom stereocenters. The molecule has 4 nitrogen and oxygen atoms in total. The molecule has 1 fully saturated rings. The van der Waals surface area contributed by atoms with Crippen molar-refractivity contribution in [1.82, 2.24) is 0 Å². The second-order valence-electron chi connectivity index (χ2n) is 4.33. The van der Waals surface area contributed by atoms with E-state index in [1.54, 1.807) is 6.07 Å². The van der Waals surface area contributed by atoms with Gasteiger partial charge in [-0.2, -0.15) is 5.26 Å². The highest BCUT2D eigenvalue weighted by molar-refractivity contribution is 5.52. The molecule has 0 saturated heterocycles. The zero-order valence-electron chi connectivity index (χ0n) is 9.16. The van der Waals surface area contributed by atoms with Crippen molar-refractivity contribution in [1.29, 1.82) is 5.26 Å². The average Bonchev–Trinajstić information content (AvgIpc) is 2.99. The number of rotatable bonds is 3. The van der Waals surface area contributed by atoms with E-state index in [1.807, 2.05) is 6.07 Å². The molecule has 16 heavy (non-hydrogen) atoms. The van der Waals surface area contributed by atoms with E-state index in [9.17, 15) is 5.11 Å². The van der Waals surface area contributed by atoms with Gasteiger partial charge in [0.05, 0.1) is 12.7 Å². The number of nitriles is 1. The maximum atomic E-state index is 9.79. The third-order valence-electron chi connectivity index (χ3n) is 2.96. The molecule has 0 atom stereocenters. The molecule has 2 rings (SSSR count). The molecule has 0 aromatic heterocycles. The number of ether oxygens (including phenoxy) is 1. The SMILES string of the molecule is COc1cc(O)c(CC2(N)CC2)cc1C#N. The molecule has 0 amide bonds. The van der Waals surface area contributed by atoms with Gasteiger partial charge in [0.15, 0.2) is 0 Å². The van der Waals surface area contributed by atoms with Crippen molar-refractivity contribution < 1.29 is 9.84 Å². The summed E-state index contributed by atoms with van der Waals surface area (Å²) in [5.41, 5.74) is 6.95. The Labute approximate surface area is 94.3 Å². The minimum Gasteiger partial charge on any atom is -0.508 e. The summed E-state index contributed by atoms with van der Waals surface area (Å²) < 4.78 is 5.00. The van der Waals surface area contributed by atoms with Gasteiger partial charge in [0.25, 0.3) is 0 Å². The topological polar surface area (TPSA) is 79.3 Å². The molecular formula is C12H14N2O2. The minimum absolute atomic E-state index is 0.146. The van der Waals surface area contributed by atoms with Crippen LogP contribution in [0.4, 0.5) is 0 Å². The predicted molar refractivity (Wildman–Crippen MR) is 59.2 cm³/mol. The molecule has 1 aromatic carbocycles. The molecule has 0 aliphatic heterocycles. The van der Waals surface area contributed by atoms with E-state index >= 15 is 0 Å². The zero-order chi connectivity index (χ0) is 11.8. The lowest BCUT2D eigenvalue weighted by atomic mass is 10.0. The van der Waals surface area contributed by atoms with E-state index in [4.69, 9.17) is 15.7 Å². The van der Waals surface area contributed by atoms with E-state index in [0.29, 0.717) is 17.7 Å². The van der Waals surface area contributed by atoms with E-state index in [1.165, 1.54) is 13.2 Å². The van der Waals surface area contributed by atoms with Crippen LogP contribution in [-0.4, -0.2) is 17.8 Å². The Kier molecular flexibility index (Phi) is 2.49. The second-order valence-corrected chi connectivity index (χ2v) is 4.33. The fourth-order valence-corrected chi connectivity index (χ4v) is 1.73. The number of nitrogens with two attached hydrogens (primary N) is 1. The van der Waals surface area contributed by atoms with Crippen molar-refractivity contribution in [3.63, 3.8) is 0 Å². The number of benzene rings is 1. The summed E-state index contributed by atoms with van der Waals surface area (Å²) in [6.07, 6.45) is 2.55. The number of phenolic OH excluding ortho intramolecular Hbond substituents is 1. The molecule has 4 heteroatoms. The van der Waals surface area contributed by atoms with Gasteiger partial charge in [-0.05, 0) is 30.9 Å². The summed E-state index contributed by atoms with van der Waals surface area (Å²) in [4.78, 5) is 0. The summed E-state index contributed by atoms with van der Waals surface area (Å²) in [7, 11) is 1.47. The third-order valence-corrected chi connectivity index (χ3v) is 2.96. The first kappa shape index (κ1) is 10.8. The molecule has 1 aliphatic carbocycles. The largest absolute Gasteiger partial charge is 0.508 e. The lowest BCUT2D eigenvalue weighted by Gasteiger charge is -2.12. The second kappa shape index (κ2) is 3.69. The van der Waals surface area contributed by atoms with Crippen LogP contribution in [0.1, 0.15) is 24.0 Å². The van der Waals surface area contributed by atoms with Crippen molar-refractivity contribution in [2.75, 3.05) is 7.11 Å². The molecule has 0 radical (unpaired) electrons. The monoisotopic (exact) mass is 218 g/mol. The van der Waals surface area contributed by atoms with Crippen molar-refractivity contribution in [2.45, 2.75) is 24.8 Å². The number of methoxy groups -OCH3 is 1. The van der Waals surface area contributed by atoms with Crippen molar-refractivity contribution in [2.24, 2.45) is 5.73 Å². The molecule has 1 aliphatic rings. The number of aromatic hydroxyl groups is 1. The van der Waals surface area contributed by atoms with E-state index in [2.05, 4.69) is 0 Å². The minimum atomic E-state index is -0.182. The van der Waals surface area contributed by atoms with Crippen molar-refractivity contribution >= 4 is 0 Å². The normalized spacial score (nSPS) is 16.6. The van der Waals surface area contributed by atoms with Gasteiger partial charge in [0, 0.05) is 11.6 Å². The lowest BCUT2D eigenvalue weighted by Crippen LogP contribution is -2.24. The summed E-state index contributed by atoms with van der Waals surface area (Å²) in [5.74, 6) is 0.540. The third kappa shape index (κ3) is 1.95. The van der Waals surface area contributed by atoms with E-state index in [-0.39, 0.29) is 11.3 Å². The number of hydrogen-bond donors (Lipinski definition) is 2. The molecular weight excluding hydrogens is 204 g/mol. The van der Waals surface area contributed by atoms with E-state index < -0.39 is 0 Å². The van der Waals surface area contributed by atoms with Gasteiger partial charge in [0.1, 0.15) is 17.6 Å².